The quantitative estimate of drug-likeness (QED) is 0.0844. The largest absolute Gasteiger partial charge is 0.366 e. The first-order chi connectivity index (χ1) is 40.4. The first kappa shape index (κ1) is 61.8. The zero-order chi connectivity index (χ0) is 60.5. The van der Waals surface area contributed by atoms with Crippen molar-refractivity contribution in [2.24, 2.45) is 5.41 Å². The number of anilines is 2. The Hall–Kier alpha value is -6.24. The number of nitrogens with one attached hydrogen (secondary N) is 6. The Bertz CT molecular complexity index is 3000. The van der Waals surface area contributed by atoms with Crippen molar-refractivity contribution in [3.63, 3.8) is 0 Å². The molecule has 4 amide bonds. The van der Waals surface area contributed by atoms with Gasteiger partial charge >= 0.3 is 0 Å². The molecule has 4 fully saturated rings. The van der Waals surface area contributed by atoms with Gasteiger partial charge in [0.2, 0.25) is 23.6 Å². The molecule has 6 N–H and O–H groups in total. The lowest BCUT2D eigenvalue weighted by Gasteiger charge is -2.43. The SMILES string of the molecule is C[C@@H]1CN(CC(=O)N2CC(C)(C)c3[nH]c(=O)c(Cc4ccc(F)cc4)cc32)[C@@H](CN2CCO[C@H](C(=O)NCC(C)(C)CNC(=O)[C@@H]3CN(C[C@H]4CN[C@H](C)CN4CC(=O)N4CC(C)(C)c5[nH]c(=O)c(Cc6ccc(F)cc6)cc54)CCO3)C2)CN1. The van der Waals surface area contributed by atoms with Gasteiger partial charge < -0.3 is 50.5 Å². The summed E-state index contributed by atoms with van der Waals surface area (Å²) in [6, 6.07) is 16.0. The van der Waals surface area contributed by atoms with Crippen LogP contribution in [0.4, 0.5) is 20.2 Å². The molecule has 10 rings (SSSR count). The Balaban J connectivity index is 0.686. The standard InChI is InChI=1S/C63H86F2N12O8/c1-39-27-74(33-53(78)76-37-62(5,6)55-49(76)23-43(57(80)70-55)21-41-9-13-45(64)14-10-41)47(25-66-39)29-72-17-19-84-51(31-72)59(82)68-35-61(3,4)36-69-60(83)52-32-73(18-20-85-52)30-48-26-67-40(2)28-75(48)34-54(79)77-38-63(7,8)56-50(77)24-44(58(81)71-56)22-42-11-15-46(65)16-12-42/h9-16,23-24,39-40,47-48,51-52,66-67H,17-22,25-38H2,1-8H3,(H,68,82)(H,69,83)(H,70,80)(H,71,81)/t39-,40-,47-,48-,51+,52+/m1/s1. The maximum Gasteiger partial charge on any atom is 0.251 e. The van der Waals surface area contributed by atoms with E-state index in [0.29, 0.717) is 140 Å². The summed E-state index contributed by atoms with van der Waals surface area (Å²) in [4.78, 5) is 102. The summed E-state index contributed by atoms with van der Waals surface area (Å²) in [5.41, 5.74) is 3.51. The number of aromatic nitrogens is 2. The lowest BCUT2D eigenvalue weighted by atomic mass is 9.91. The molecule has 0 bridgehead atoms. The number of benzene rings is 2. The monoisotopic (exact) mass is 1180 g/mol. The van der Waals surface area contributed by atoms with Crippen LogP contribution >= 0.6 is 0 Å². The van der Waals surface area contributed by atoms with Crippen molar-refractivity contribution in [2.45, 2.75) is 115 Å². The third-order valence-electron chi connectivity index (χ3n) is 17.9. The summed E-state index contributed by atoms with van der Waals surface area (Å²) >= 11 is 0. The van der Waals surface area contributed by atoms with Gasteiger partial charge in [0.05, 0.1) is 37.7 Å². The van der Waals surface area contributed by atoms with Crippen LogP contribution in [0.25, 0.3) is 0 Å². The van der Waals surface area contributed by atoms with Crippen molar-refractivity contribution in [3.8, 4) is 0 Å². The second kappa shape index (κ2) is 25.6. The van der Waals surface area contributed by atoms with Crippen LogP contribution in [0.3, 0.4) is 0 Å². The molecule has 2 aromatic carbocycles. The highest BCUT2D eigenvalue weighted by molar-refractivity contribution is 5.98. The molecule has 4 aromatic rings. The van der Waals surface area contributed by atoms with E-state index in [1.807, 2.05) is 53.7 Å². The Labute approximate surface area is 496 Å². The van der Waals surface area contributed by atoms with Gasteiger partial charge in [-0.15, -0.1) is 0 Å². The van der Waals surface area contributed by atoms with Gasteiger partial charge in [-0.2, -0.15) is 0 Å². The molecule has 85 heavy (non-hydrogen) atoms. The average Bonchev–Trinajstić information content (AvgIpc) is 3.15. The summed E-state index contributed by atoms with van der Waals surface area (Å²) < 4.78 is 39.4. The Morgan fingerprint density at radius 1 is 0.612 bits per heavy atom. The molecule has 0 unspecified atom stereocenters. The number of H-pyrrole nitrogens is 2. The second-order valence-electron chi connectivity index (χ2n) is 26.7. The second-order valence-corrected chi connectivity index (χ2v) is 26.7. The highest BCUT2D eigenvalue weighted by atomic mass is 19.1. The molecule has 8 heterocycles. The van der Waals surface area contributed by atoms with Gasteiger partial charge in [-0.05, 0) is 66.8 Å². The number of halogens is 2. The molecule has 4 saturated heterocycles. The van der Waals surface area contributed by atoms with Crippen molar-refractivity contribution in [1.29, 1.82) is 0 Å². The summed E-state index contributed by atoms with van der Waals surface area (Å²) in [6.07, 6.45) is -0.809. The van der Waals surface area contributed by atoms with Gasteiger partial charge in [-0.3, -0.25) is 48.4 Å². The van der Waals surface area contributed by atoms with E-state index in [1.54, 1.807) is 34.1 Å². The van der Waals surface area contributed by atoms with E-state index in [2.05, 4.69) is 64.7 Å². The summed E-state index contributed by atoms with van der Waals surface area (Å²) in [6.45, 7) is 24.6. The molecule has 2 aromatic heterocycles. The number of amides is 4. The summed E-state index contributed by atoms with van der Waals surface area (Å²) in [5, 5.41) is 13.4. The van der Waals surface area contributed by atoms with Crippen LogP contribution in [0.1, 0.15) is 89.0 Å². The van der Waals surface area contributed by atoms with Crippen molar-refractivity contribution in [2.75, 3.05) is 128 Å². The normalized spacial score (nSPS) is 24.7. The number of aromatic amines is 2. The van der Waals surface area contributed by atoms with Crippen LogP contribution in [0.5, 0.6) is 0 Å². The highest BCUT2D eigenvalue weighted by Crippen LogP contribution is 2.41. The number of morpholine rings is 2. The number of pyridine rings is 2. The van der Waals surface area contributed by atoms with E-state index in [0.717, 1.165) is 22.5 Å². The van der Waals surface area contributed by atoms with Gasteiger partial charge in [-0.1, -0.05) is 65.8 Å². The number of carbonyl (C=O) groups excluding carboxylic acids is 4. The number of nitrogens with zero attached hydrogens (tertiary/aromatic N) is 6. The number of fused-ring (bicyclic) bond motifs is 2. The molecule has 0 aliphatic carbocycles. The molecule has 0 radical (unpaired) electrons. The van der Waals surface area contributed by atoms with Crippen molar-refractivity contribution < 1.29 is 37.4 Å². The lowest BCUT2D eigenvalue weighted by Crippen LogP contribution is -2.62. The van der Waals surface area contributed by atoms with E-state index in [1.165, 1.54) is 24.3 Å². The Kier molecular flexibility index (Phi) is 18.6. The molecule has 6 aliphatic heterocycles. The number of rotatable bonds is 18. The topological polar surface area (TPSA) is 220 Å². The Morgan fingerprint density at radius 2 is 1.00 bits per heavy atom. The zero-order valence-corrected chi connectivity index (χ0v) is 50.6. The number of ether oxygens (including phenoxy) is 2. The molecular formula is C63H86F2N12O8. The van der Waals surface area contributed by atoms with Gasteiger partial charge in [0.15, 0.2) is 0 Å². The van der Waals surface area contributed by atoms with E-state index in [4.69, 9.17) is 9.47 Å². The number of hydrogen-bond acceptors (Lipinski definition) is 14. The number of piperazine rings is 2. The van der Waals surface area contributed by atoms with E-state index in [-0.39, 0.29) is 83.6 Å². The molecule has 6 atom stereocenters. The molecule has 460 valence electrons. The Morgan fingerprint density at radius 3 is 1.39 bits per heavy atom. The fourth-order valence-electron chi connectivity index (χ4n) is 13.0. The predicted molar refractivity (Wildman–Crippen MR) is 321 cm³/mol. The van der Waals surface area contributed by atoms with Gasteiger partial charge in [0.25, 0.3) is 11.1 Å². The molecular weight excluding hydrogens is 1090 g/mol. The first-order valence-electron chi connectivity index (χ1n) is 30.2. The maximum atomic E-state index is 14.4. The average molecular weight is 1180 g/mol. The van der Waals surface area contributed by atoms with Crippen LogP contribution in [-0.4, -0.2) is 208 Å². The minimum absolute atomic E-state index is 0.0250. The van der Waals surface area contributed by atoms with Crippen molar-refractivity contribution in [3.05, 3.63) is 127 Å². The first-order valence-corrected chi connectivity index (χ1v) is 30.2. The van der Waals surface area contributed by atoms with Crippen LogP contribution in [0, 0.1) is 17.0 Å². The van der Waals surface area contributed by atoms with Gasteiger partial charge in [0.1, 0.15) is 23.8 Å². The van der Waals surface area contributed by atoms with Crippen LogP contribution in [0.15, 0.2) is 70.3 Å². The van der Waals surface area contributed by atoms with Crippen LogP contribution in [0.2, 0.25) is 0 Å². The third-order valence-corrected chi connectivity index (χ3v) is 17.9. The summed E-state index contributed by atoms with van der Waals surface area (Å²) in [5.74, 6) is -1.29. The van der Waals surface area contributed by atoms with E-state index < -0.39 is 28.5 Å². The zero-order valence-electron chi connectivity index (χ0n) is 50.6. The fraction of sp³-hybridized carbons (Fsp3) is 0.587. The van der Waals surface area contributed by atoms with Crippen LogP contribution in [-0.2, 0) is 52.3 Å². The minimum Gasteiger partial charge on any atom is -0.366 e. The third kappa shape index (κ3) is 14.8. The highest BCUT2D eigenvalue weighted by Gasteiger charge is 2.44. The number of carbonyl (C=O) groups is 4. The van der Waals surface area contributed by atoms with Crippen molar-refractivity contribution >= 4 is 35.0 Å². The molecule has 6 aliphatic rings. The molecule has 22 heteroatoms. The maximum absolute atomic E-state index is 14.4. The minimum atomic E-state index is -0.707. The van der Waals surface area contributed by atoms with Gasteiger partial charge in [-0.25, -0.2) is 8.78 Å². The smallest absolute Gasteiger partial charge is 0.251 e. The lowest BCUT2D eigenvalue weighted by molar-refractivity contribution is -0.139. The van der Waals surface area contributed by atoms with Gasteiger partial charge in [0, 0.05) is 162 Å². The molecule has 0 spiro atoms. The van der Waals surface area contributed by atoms with Crippen molar-refractivity contribution in [1.82, 2.24) is 50.8 Å². The predicted octanol–water partition coefficient (Wildman–Crippen LogP) is 2.46. The number of hydrogen-bond donors (Lipinski definition) is 6. The van der Waals surface area contributed by atoms with Crippen LogP contribution < -0.4 is 42.2 Å². The fourth-order valence-corrected chi connectivity index (χ4v) is 13.0. The van der Waals surface area contributed by atoms with E-state index >= 15 is 0 Å². The van der Waals surface area contributed by atoms with E-state index in [9.17, 15) is 37.5 Å². The molecule has 0 saturated carbocycles. The summed E-state index contributed by atoms with van der Waals surface area (Å²) in [7, 11) is 0. The molecule has 20 nitrogen and oxygen atoms in total.